The molecule has 1 saturated heterocycles. The molecule has 0 radical (unpaired) electrons. The third kappa shape index (κ3) is 4.99. The van der Waals surface area contributed by atoms with E-state index < -0.39 is 0 Å². The number of nitrogens with one attached hydrogen (secondary N) is 2. The highest BCUT2D eigenvalue weighted by molar-refractivity contribution is 14.0. The second kappa shape index (κ2) is 9.82. The van der Waals surface area contributed by atoms with Crippen molar-refractivity contribution in [3.8, 4) is 0 Å². The van der Waals surface area contributed by atoms with Gasteiger partial charge in [-0.1, -0.05) is 19.3 Å². The Morgan fingerprint density at radius 2 is 1.62 bits per heavy atom. The monoisotopic (exact) mass is 448 g/mol. The molecule has 3 aliphatic rings. The number of carbonyl (C=O) groups excluding carboxylic acids is 1. The third-order valence-electron chi connectivity index (χ3n) is 5.90. The van der Waals surface area contributed by atoms with E-state index in [1.807, 2.05) is 7.05 Å². The Balaban J connectivity index is 0.00000208. The van der Waals surface area contributed by atoms with Crippen molar-refractivity contribution < 1.29 is 4.79 Å². The first kappa shape index (κ1) is 19.8. The molecule has 1 aliphatic heterocycles. The van der Waals surface area contributed by atoms with E-state index in [1.54, 1.807) is 0 Å². The molecule has 0 aromatic rings. The Bertz CT molecular complexity index is 425. The Kier molecular flexibility index (Phi) is 8.10. The van der Waals surface area contributed by atoms with Crippen molar-refractivity contribution in [3.63, 3.8) is 0 Å². The molecule has 0 bridgehead atoms. The Morgan fingerprint density at radius 1 is 1.00 bits per heavy atom. The number of halogens is 1. The summed E-state index contributed by atoms with van der Waals surface area (Å²) in [7, 11) is 1.88. The zero-order chi connectivity index (χ0) is 16.1. The van der Waals surface area contributed by atoms with Crippen molar-refractivity contribution in [1.82, 2.24) is 15.5 Å². The fraction of sp³-hybridized carbons (Fsp3) is 0.889. The number of amides is 1. The summed E-state index contributed by atoms with van der Waals surface area (Å²) >= 11 is 0. The molecule has 24 heavy (non-hydrogen) atoms. The van der Waals surface area contributed by atoms with Gasteiger partial charge in [0.25, 0.3) is 0 Å². The summed E-state index contributed by atoms with van der Waals surface area (Å²) in [6.07, 6.45) is 9.92. The lowest BCUT2D eigenvalue weighted by atomic mass is 9.82. The lowest BCUT2D eigenvalue weighted by Crippen LogP contribution is -2.41. The molecule has 0 spiro atoms. The van der Waals surface area contributed by atoms with Crippen LogP contribution >= 0.6 is 24.0 Å². The normalized spacial score (nSPS) is 27.0. The molecular formula is C18H33IN4O. The van der Waals surface area contributed by atoms with Gasteiger partial charge in [0.05, 0.1) is 0 Å². The Hall–Kier alpha value is -0.530. The van der Waals surface area contributed by atoms with Gasteiger partial charge in [-0.2, -0.15) is 0 Å². The topological polar surface area (TPSA) is 56.7 Å². The maximum Gasteiger partial charge on any atom is 0.223 e. The minimum Gasteiger partial charge on any atom is -0.356 e. The highest BCUT2D eigenvalue weighted by Crippen LogP contribution is 2.35. The summed E-state index contributed by atoms with van der Waals surface area (Å²) in [5.74, 6) is 3.35. The zero-order valence-electron chi connectivity index (χ0n) is 14.9. The zero-order valence-corrected chi connectivity index (χ0v) is 17.3. The summed E-state index contributed by atoms with van der Waals surface area (Å²) in [5.41, 5.74) is 0. The van der Waals surface area contributed by atoms with E-state index >= 15 is 0 Å². The van der Waals surface area contributed by atoms with Gasteiger partial charge in [0, 0.05) is 39.1 Å². The molecule has 3 rings (SSSR count). The van der Waals surface area contributed by atoms with Crippen LogP contribution in [0.1, 0.15) is 51.4 Å². The standard InChI is InChI=1S/C18H32N4O.HI/c1-19-18(22-12-15-6-2-3-7-16(15)13-22)21-11-5-10-20-17(23)14-8-4-9-14;/h14-16H,2-13H2,1H3,(H,19,21)(H,20,23);1H. The Labute approximate surface area is 163 Å². The summed E-state index contributed by atoms with van der Waals surface area (Å²) < 4.78 is 0. The average molecular weight is 448 g/mol. The molecule has 2 aliphatic carbocycles. The van der Waals surface area contributed by atoms with E-state index in [1.165, 1.54) is 45.2 Å². The van der Waals surface area contributed by atoms with Crippen LogP contribution in [-0.4, -0.2) is 50.0 Å². The molecule has 2 N–H and O–H groups in total. The quantitative estimate of drug-likeness (QED) is 0.294. The second-order valence-corrected chi connectivity index (χ2v) is 7.46. The summed E-state index contributed by atoms with van der Waals surface area (Å²) in [6, 6.07) is 0. The first-order chi connectivity index (χ1) is 11.3. The number of fused-ring (bicyclic) bond motifs is 1. The maximum atomic E-state index is 11.8. The van der Waals surface area contributed by atoms with Crippen LogP contribution < -0.4 is 10.6 Å². The van der Waals surface area contributed by atoms with Crippen LogP contribution in [0.5, 0.6) is 0 Å². The lowest BCUT2D eigenvalue weighted by Gasteiger charge is -2.24. The molecule has 1 amide bonds. The predicted molar refractivity (Wildman–Crippen MR) is 109 cm³/mol. The molecule has 138 valence electrons. The van der Waals surface area contributed by atoms with Crippen LogP contribution in [0.2, 0.25) is 0 Å². The van der Waals surface area contributed by atoms with E-state index in [9.17, 15) is 4.79 Å². The SMILES string of the molecule is CN=C(NCCCNC(=O)C1CCC1)N1CC2CCCCC2C1.I. The molecule has 2 atom stereocenters. The summed E-state index contributed by atoms with van der Waals surface area (Å²) in [5, 5.41) is 6.53. The largest absolute Gasteiger partial charge is 0.356 e. The third-order valence-corrected chi connectivity index (χ3v) is 5.90. The van der Waals surface area contributed by atoms with E-state index in [2.05, 4.69) is 20.5 Å². The molecule has 0 aromatic heterocycles. The van der Waals surface area contributed by atoms with Crippen molar-refractivity contribution in [2.45, 2.75) is 51.4 Å². The van der Waals surface area contributed by atoms with Crippen LogP contribution in [0.3, 0.4) is 0 Å². The minimum absolute atomic E-state index is 0. The minimum atomic E-state index is 0. The van der Waals surface area contributed by atoms with Crippen LogP contribution in [0.25, 0.3) is 0 Å². The molecule has 5 nitrogen and oxygen atoms in total. The number of aliphatic imine (C=N–C) groups is 1. The molecule has 2 saturated carbocycles. The van der Waals surface area contributed by atoms with Gasteiger partial charge in [0.1, 0.15) is 0 Å². The number of likely N-dealkylation sites (tertiary alicyclic amines) is 1. The van der Waals surface area contributed by atoms with Gasteiger partial charge in [0.2, 0.25) is 5.91 Å². The fourth-order valence-electron chi connectivity index (χ4n) is 4.23. The van der Waals surface area contributed by atoms with E-state index in [0.29, 0.717) is 5.92 Å². The molecule has 1 heterocycles. The number of carbonyl (C=O) groups is 1. The number of rotatable bonds is 5. The van der Waals surface area contributed by atoms with Crippen molar-refractivity contribution in [2.24, 2.45) is 22.7 Å². The van der Waals surface area contributed by atoms with Gasteiger partial charge in [-0.3, -0.25) is 9.79 Å². The summed E-state index contributed by atoms with van der Waals surface area (Å²) in [6.45, 7) is 3.99. The van der Waals surface area contributed by atoms with Gasteiger partial charge >= 0.3 is 0 Å². The van der Waals surface area contributed by atoms with E-state index in [4.69, 9.17) is 0 Å². The van der Waals surface area contributed by atoms with Gasteiger partial charge < -0.3 is 15.5 Å². The first-order valence-electron chi connectivity index (χ1n) is 9.51. The van der Waals surface area contributed by atoms with Crippen molar-refractivity contribution >= 4 is 35.8 Å². The molecule has 3 fully saturated rings. The van der Waals surface area contributed by atoms with Crippen molar-refractivity contribution in [2.75, 3.05) is 33.2 Å². The van der Waals surface area contributed by atoms with Gasteiger partial charge in [-0.25, -0.2) is 0 Å². The predicted octanol–water partition coefficient (Wildman–Crippen LogP) is 2.61. The number of hydrogen-bond acceptors (Lipinski definition) is 2. The average Bonchev–Trinajstić information content (AvgIpc) is 2.92. The molecule has 0 aromatic carbocycles. The molecule has 2 unspecified atom stereocenters. The van der Waals surface area contributed by atoms with Crippen LogP contribution in [-0.2, 0) is 4.79 Å². The van der Waals surface area contributed by atoms with Gasteiger partial charge in [-0.15, -0.1) is 24.0 Å². The number of guanidine groups is 1. The maximum absolute atomic E-state index is 11.8. The smallest absolute Gasteiger partial charge is 0.223 e. The lowest BCUT2D eigenvalue weighted by molar-refractivity contribution is -0.127. The van der Waals surface area contributed by atoms with Crippen molar-refractivity contribution in [1.29, 1.82) is 0 Å². The Morgan fingerprint density at radius 3 is 2.17 bits per heavy atom. The van der Waals surface area contributed by atoms with Crippen molar-refractivity contribution in [3.05, 3.63) is 0 Å². The fourth-order valence-corrected chi connectivity index (χ4v) is 4.23. The number of nitrogens with zero attached hydrogens (tertiary/aromatic N) is 2. The molecular weight excluding hydrogens is 415 g/mol. The van der Waals surface area contributed by atoms with Gasteiger partial charge in [0.15, 0.2) is 5.96 Å². The van der Waals surface area contributed by atoms with E-state index in [-0.39, 0.29) is 29.9 Å². The van der Waals surface area contributed by atoms with Gasteiger partial charge in [-0.05, 0) is 43.9 Å². The van der Waals surface area contributed by atoms with Crippen LogP contribution in [0, 0.1) is 17.8 Å². The molecule has 6 heteroatoms. The van der Waals surface area contributed by atoms with Crippen LogP contribution in [0.4, 0.5) is 0 Å². The first-order valence-corrected chi connectivity index (χ1v) is 9.51. The van der Waals surface area contributed by atoms with Crippen LogP contribution in [0.15, 0.2) is 4.99 Å². The summed E-state index contributed by atoms with van der Waals surface area (Å²) in [4.78, 5) is 18.7. The number of hydrogen-bond donors (Lipinski definition) is 2. The highest BCUT2D eigenvalue weighted by atomic mass is 127. The highest BCUT2D eigenvalue weighted by Gasteiger charge is 2.35. The second-order valence-electron chi connectivity index (χ2n) is 7.46. The van der Waals surface area contributed by atoms with E-state index in [0.717, 1.165) is 50.1 Å².